The van der Waals surface area contributed by atoms with Crippen molar-refractivity contribution in [2.75, 3.05) is 26.2 Å². The summed E-state index contributed by atoms with van der Waals surface area (Å²) >= 11 is 0. The van der Waals surface area contributed by atoms with Crippen molar-refractivity contribution < 1.29 is 17.5 Å². The summed E-state index contributed by atoms with van der Waals surface area (Å²) in [7, 11) is -3.84. The third kappa shape index (κ3) is 3.26. The fourth-order valence-electron chi connectivity index (χ4n) is 2.95. The normalized spacial score (nSPS) is 26.7. The number of nitrogens with one attached hydrogen (secondary N) is 1. The Kier molecular flexibility index (Phi) is 4.26. The average Bonchev–Trinajstić information content (AvgIpc) is 2.93. The lowest BCUT2D eigenvalue weighted by Crippen LogP contribution is -2.50. The van der Waals surface area contributed by atoms with E-state index < -0.39 is 15.8 Å². The van der Waals surface area contributed by atoms with Gasteiger partial charge in [0.15, 0.2) is 0 Å². The maximum atomic E-state index is 13.6. The van der Waals surface area contributed by atoms with Crippen molar-refractivity contribution in [3.63, 3.8) is 0 Å². The molecule has 2 fully saturated rings. The Hall–Kier alpha value is -1.02. The van der Waals surface area contributed by atoms with Crippen molar-refractivity contribution in [3.8, 4) is 0 Å². The molecular formula is C14H19FN2O3S. The van der Waals surface area contributed by atoms with Crippen LogP contribution in [-0.4, -0.2) is 51.7 Å². The van der Waals surface area contributed by atoms with E-state index in [1.165, 1.54) is 24.6 Å². The highest BCUT2D eigenvalue weighted by Gasteiger charge is 2.32. The van der Waals surface area contributed by atoms with Gasteiger partial charge < -0.3 is 4.74 Å². The van der Waals surface area contributed by atoms with Crippen LogP contribution >= 0.6 is 0 Å². The second kappa shape index (κ2) is 6.00. The zero-order chi connectivity index (χ0) is 14.9. The highest BCUT2D eigenvalue weighted by molar-refractivity contribution is 7.89. The number of ether oxygens (including phenoxy) is 1. The van der Waals surface area contributed by atoms with Gasteiger partial charge in [0.1, 0.15) is 10.7 Å². The lowest BCUT2D eigenvalue weighted by molar-refractivity contribution is -0.0449. The predicted octanol–water partition coefficient (Wildman–Crippen LogP) is 0.967. The highest BCUT2D eigenvalue weighted by Crippen LogP contribution is 2.22. The lowest BCUT2D eigenvalue weighted by Gasteiger charge is -2.35. The second-order valence-corrected chi connectivity index (χ2v) is 7.26. The van der Waals surface area contributed by atoms with Crippen LogP contribution in [0.5, 0.6) is 0 Å². The van der Waals surface area contributed by atoms with Crippen LogP contribution in [0.1, 0.15) is 12.8 Å². The van der Waals surface area contributed by atoms with Crippen LogP contribution in [0, 0.1) is 5.82 Å². The molecule has 0 aliphatic carbocycles. The molecule has 1 aromatic carbocycles. The fraction of sp³-hybridized carbons (Fsp3) is 0.571. The van der Waals surface area contributed by atoms with E-state index in [1.54, 1.807) is 0 Å². The summed E-state index contributed by atoms with van der Waals surface area (Å²) in [5, 5.41) is 0. The molecule has 2 heterocycles. The summed E-state index contributed by atoms with van der Waals surface area (Å²) in [6.07, 6.45) is 2.14. The molecule has 0 bridgehead atoms. The minimum absolute atomic E-state index is 0.167. The molecule has 7 heteroatoms. The quantitative estimate of drug-likeness (QED) is 0.899. The second-order valence-electron chi connectivity index (χ2n) is 5.53. The molecule has 0 amide bonds. The van der Waals surface area contributed by atoms with Crippen molar-refractivity contribution in [2.24, 2.45) is 0 Å². The van der Waals surface area contributed by atoms with E-state index in [0.717, 1.165) is 25.6 Å². The summed E-state index contributed by atoms with van der Waals surface area (Å²) in [6, 6.07) is 5.84. The van der Waals surface area contributed by atoms with Gasteiger partial charge in [-0.15, -0.1) is 0 Å². The Labute approximate surface area is 124 Å². The number of fused-ring (bicyclic) bond motifs is 1. The third-order valence-corrected chi connectivity index (χ3v) is 5.55. The van der Waals surface area contributed by atoms with Crippen LogP contribution in [0.2, 0.25) is 0 Å². The zero-order valence-electron chi connectivity index (χ0n) is 11.7. The molecule has 0 aromatic heterocycles. The first kappa shape index (κ1) is 14.9. The first-order valence-electron chi connectivity index (χ1n) is 7.16. The largest absolute Gasteiger partial charge is 0.374 e. The fourth-order valence-corrected chi connectivity index (χ4v) is 4.10. The summed E-state index contributed by atoms with van der Waals surface area (Å²) < 4.78 is 45.9. The summed E-state index contributed by atoms with van der Waals surface area (Å²) in [5.41, 5.74) is 0. The van der Waals surface area contributed by atoms with Crippen LogP contribution in [0.15, 0.2) is 29.2 Å². The smallest absolute Gasteiger partial charge is 0.243 e. The van der Waals surface area contributed by atoms with Crippen LogP contribution in [-0.2, 0) is 14.8 Å². The molecule has 2 saturated heterocycles. The van der Waals surface area contributed by atoms with Gasteiger partial charge in [0.05, 0.1) is 12.7 Å². The van der Waals surface area contributed by atoms with E-state index in [-0.39, 0.29) is 17.5 Å². The van der Waals surface area contributed by atoms with Gasteiger partial charge in [0.2, 0.25) is 10.0 Å². The number of benzene rings is 1. The number of hydrogen-bond donors (Lipinski definition) is 1. The highest BCUT2D eigenvalue weighted by atomic mass is 32.2. The summed E-state index contributed by atoms with van der Waals surface area (Å²) in [6.45, 7) is 2.58. The zero-order valence-corrected chi connectivity index (χ0v) is 12.5. The number of morpholine rings is 1. The van der Waals surface area contributed by atoms with Crippen LogP contribution in [0.4, 0.5) is 4.39 Å². The standard InChI is InChI=1S/C14H19FN2O3S/c15-13-5-1-2-6-14(13)21(18,19)16-8-12-9-17-7-3-4-11(17)10-20-12/h1-2,5-6,11-12,16H,3-4,7-10H2. The topological polar surface area (TPSA) is 58.6 Å². The molecule has 2 unspecified atom stereocenters. The van der Waals surface area contributed by atoms with Crippen molar-refractivity contribution in [3.05, 3.63) is 30.1 Å². The molecule has 1 N–H and O–H groups in total. The van der Waals surface area contributed by atoms with Gasteiger partial charge in [-0.2, -0.15) is 0 Å². The molecule has 2 aliphatic rings. The minimum atomic E-state index is -3.84. The van der Waals surface area contributed by atoms with Crippen molar-refractivity contribution in [2.45, 2.75) is 29.9 Å². The third-order valence-electron chi connectivity index (χ3n) is 4.09. The Morgan fingerprint density at radius 3 is 3.00 bits per heavy atom. The molecular weight excluding hydrogens is 295 g/mol. The first-order valence-corrected chi connectivity index (χ1v) is 8.64. The van der Waals surface area contributed by atoms with Gasteiger partial charge in [-0.05, 0) is 31.5 Å². The van der Waals surface area contributed by atoms with Crippen molar-refractivity contribution >= 4 is 10.0 Å². The molecule has 2 atom stereocenters. The Morgan fingerprint density at radius 1 is 1.38 bits per heavy atom. The SMILES string of the molecule is O=S(=O)(NCC1CN2CCCC2CO1)c1ccccc1F. The number of rotatable bonds is 4. The van der Waals surface area contributed by atoms with Gasteiger partial charge in [0, 0.05) is 19.1 Å². The number of nitrogens with zero attached hydrogens (tertiary/aromatic N) is 1. The molecule has 0 radical (unpaired) electrons. The monoisotopic (exact) mass is 314 g/mol. The number of hydrogen-bond acceptors (Lipinski definition) is 4. The maximum absolute atomic E-state index is 13.6. The Balaban J connectivity index is 1.61. The van der Waals surface area contributed by atoms with E-state index >= 15 is 0 Å². The maximum Gasteiger partial charge on any atom is 0.243 e. The van der Waals surface area contributed by atoms with Gasteiger partial charge >= 0.3 is 0 Å². The molecule has 116 valence electrons. The van der Waals surface area contributed by atoms with Gasteiger partial charge in [0.25, 0.3) is 0 Å². The van der Waals surface area contributed by atoms with E-state index in [1.807, 2.05) is 0 Å². The predicted molar refractivity (Wildman–Crippen MR) is 75.9 cm³/mol. The van der Waals surface area contributed by atoms with Crippen molar-refractivity contribution in [1.82, 2.24) is 9.62 Å². The molecule has 5 nitrogen and oxygen atoms in total. The van der Waals surface area contributed by atoms with Gasteiger partial charge in [-0.1, -0.05) is 12.1 Å². The molecule has 3 rings (SSSR count). The first-order chi connectivity index (χ1) is 10.1. The minimum Gasteiger partial charge on any atom is -0.374 e. The van der Waals surface area contributed by atoms with E-state index in [2.05, 4.69) is 9.62 Å². The van der Waals surface area contributed by atoms with Crippen molar-refractivity contribution in [1.29, 1.82) is 0 Å². The van der Waals surface area contributed by atoms with Gasteiger partial charge in [-0.25, -0.2) is 17.5 Å². The molecule has 2 aliphatic heterocycles. The van der Waals surface area contributed by atoms with Crippen LogP contribution < -0.4 is 4.72 Å². The average molecular weight is 314 g/mol. The van der Waals surface area contributed by atoms with Gasteiger partial charge in [-0.3, -0.25) is 4.90 Å². The van der Waals surface area contributed by atoms with Crippen LogP contribution in [0.25, 0.3) is 0 Å². The van der Waals surface area contributed by atoms with E-state index in [9.17, 15) is 12.8 Å². The summed E-state index contributed by atoms with van der Waals surface area (Å²) in [4.78, 5) is 2.02. The lowest BCUT2D eigenvalue weighted by atomic mass is 10.2. The molecule has 0 saturated carbocycles. The number of halogens is 1. The Morgan fingerprint density at radius 2 is 2.19 bits per heavy atom. The summed E-state index contributed by atoms with van der Waals surface area (Å²) in [5.74, 6) is -0.742. The van der Waals surface area contributed by atoms with E-state index in [4.69, 9.17) is 4.74 Å². The molecule has 21 heavy (non-hydrogen) atoms. The van der Waals surface area contributed by atoms with Crippen LogP contribution in [0.3, 0.4) is 0 Å². The van der Waals surface area contributed by atoms with E-state index in [0.29, 0.717) is 12.6 Å². The Bertz CT molecular complexity index is 608. The number of sulfonamides is 1. The molecule has 0 spiro atoms. The molecule has 1 aromatic rings.